The molecule has 0 saturated carbocycles. The third-order valence-electron chi connectivity index (χ3n) is 2.54. The fourth-order valence-electron chi connectivity index (χ4n) is 1.67. The molecule has 0 spiro atoms. The number of thioether (sulfide) groups is 1. The second kappa shape index (κ2) is 4.70. The standard InChI is InChI=1S/C12H12O3S/c1-15-12(14)7-10(13)8-2-3-11-9(6-8)4-5-16-11/h2-3,6H,4-5,7H2,1H3. The van der Waals surface area contributed by atoms with Gasteiger partial charge in [0.05, 0.1) is 7.11 Å². The minimum absolute atomic E-state index is 0.174. The predicted octanol–water partition coefficient (Wildman–Crippen LogP) is 2.08. The van der Waals surface area contributed by atoms with Crippen LogP contribution in [0, 0.1) is 0 Å². The zero-order valence-corrected chi connectivity index (χ0v) is 9.80. The van der Waals surface area contributed by atoms with Gasteiger partial charge in [-0.1, -0.05) is 6.07 Å². The number of esters is 1. The van der Waals surface area contributed by atoms with Gasteiger partial charge in [0.2, 0.25) is 0 Å². The monoisotopic (exact) mass is 236 g/mol. The SMILES string of the molecule is COC(=O)CC(=O)c1ccc2c(c1)CCS2. The molecule has 1 aliphatic rings. The summed E-state index contributed by atoms with van der Waals surface area (Å²) in [5, 5.41) is 0. The zero-order valence-electron chi connectivity index (χ0n) is 8.99. The minimum Gasteiger partial charge on any atom is -0.469 e. The molecule has 3 nitrogen and oxygen atoms in total. The molecule has 0 N–H and O–H groups in total. The topological polar surface area (TPSA) is 43.4 Å². The Kier molecular flexibility index (Phi) is 3.29. The van der Waals surface area contributed by atoms with Crippen LogP contribution in [0.4, 0.5) is 0 Å². The van der Waals surface area contributed by atoms with Gasteiger partial charge in [0.25, 0.3) is 0 Å². The van der Waals surface area contributed by atoms with E-state index in [-0.39, 0.29) is 12.2 Å². The van der Waals surface area contributed by atoms with Gasteiger partial charge < -0.3 is 4.74 Å². The maximum Gasteiger partial charge on any atom is 0.313 e. The van der Waals surface area contributed by atoms with Crippen LogP contribution in [0.1, 0.15) is 22.3 Å². The molecule has 0 bridgehead atoms. The molecule has 0 fully saturated rings. The summed E-state index contributed by atoms with van der Waals surface area (Å²) in [6.07, 6.45) is 0.821. The Hall–Kier alpha value is -1.29. The number of ether oxygens (including phenoxy) is 1. The van der Waals surface area contributed by atoms with Crippen molar-refractivity contribution in [2.24, 2.45) is 0 Å². The molecule has 1 heterocycles. The summed E-state index contributed by atoms with van der Waals surface area (Å²) >= 11 is 1.80. The first kappa shape index (κ1) is 11.2. The van der Waals surface area contributed by atoms with Gasteiger partial charge in [-0.3, -0.25) is 9.59 Å². The lowest BCUT2D eigenvalue weighted by molar-refractivity contribution is -0.139. The molecule has 1 aliphatic heterocycles. The van der Waals surface area contributed by atoms with Gasteiger partial charge in [0, 0.05) is 16.2 Å². The number of hydrogen-bond donors (Lipinski definition) is 0. The highest BCUT2D eigenvalue weighted by atomic mass is 32.2. The van der Waals surface area contributed by atoms with Gasteiger partial charge in [0.1, 0.15) is 6.42 Å². The number of methoxy groups -OCH3 is 1. The molecular weight excluding hydrogens is 224 g/mol. The highest BCUT2D eigenvalue weighted by Crippen LogP contribution is 2.31. The van der Waals surface area contributed by atoms with Crippen molar-refractivity contribution in [3.05, 3.63) is 29.3 Å². The van der Waals surface area contributed by atoms with Gasteiger partial charge in [-0.05, 0) is 24.1 Å². The number of rotatable bonds is 3. The number of benzene rings is 1. The lowest BCUT2D eigenvalue weighted by atomic mass is 10.0. The molecule has 16 heavy (non-hydrogen) atoms. The Bertz CT molecular complexity index is 440. The molecule has 84 valence electrons. The molecule has 0 amide bonds. The smallest absolute Gasteiger partial charge is 0.313 e. The van der Waals surface area contributed by atoms with Crippen LogP contribution < -0.4 is 0 Å². The van der Waals surface area contributed by atoms with Gasteiger partial charge >= 0.3 is 5.97 Å². The van der Waals surface area contributed by atoms with Crippen LogP contribution in [-0.4, -0.2) is 24.6 Å². The van der Waals surface area contributed by atoms with Crippen molar-refractivity contribution in [3.63, 3.8) is 0 Å². The first-order valence-corrected chi connectivity index (χ1v) is 6.05. The third-order valence-corrected chi connectivity index (χ3v) is 3.66. The van der Waals surface area contributed by atoms with E-state index in [1.165, 1.54) is 17.6 Å². The molecule has 4 heteroatoms. The third kappa shape index (κ3) is 2.27. The van der Waals surface area contributed by atoms with Crippen molar-refractivity contribution in [1.82, 2.24) is 0 Å². The highest BCUT2D eigenvalue weighted by Gasteiger charge is 2.16. The molecule has 1 aromatic carbocycles. The van der Waals surface area contributed by atoms with Crippen LogP contribution in [0.15, 0.2) is 23.1 Å². The first-order valence-electron chi connectivity index (χ1n) is 5.06. The summed E-state index contributed by atoms with van der Waals surface area (Å²) in [7, 11) is 1.29. The summed E-state index contributed by atoms with van der Waals surface area (Å²) in [5.41, 5.74) is 1.81. The Labute approximate surface area is 98.2 Å². The quantitative estimate of drug-likeness (QED) is 0.458. The summed E-state index contributed by atoms with van der Waals surface area (Å²) in [6.45, 7) is 0. The number of carbonyl (C=O) groups is 2. The van der Waals surface area contributed by atoms with E-state index in [4.69, 9.17) is 0 Å². The molecule has 0 unspecified atom stereocenters. The number of Topliss-reactive ketones (excluding diaryl/α,β-unsaturated/α-hetero) is 1. The summed E-state index contributed by atoms with van der Waals surface area (Å²) in [6, 6.07) is 5.63. The Morgan fingerprint density at radius 2 is 2.25 bits per heavy atom. The number of carbonyl (C=O) groups excluding carboxylic acids is 2. The van der Waals surface area contributed by atoms with Crippen molar-refractivity contribution in [2.45, 2.75) is 17.7 Å². The number of hydrogen-bond acceptors (Lipinski definition) is 4. The van der Waals surface area contributed by atoms with Crippen LogP contribution in [0.25, 0.3) is 0 Å². The average Bonchev–Trinajstić information content (AvgIpc) is 2.75. The number of aryl methyl sites for hydroxylation is 1. The molecule has 2 rings (SSSR count). The van der Waals surface area contributed by atoms with Crippen molar-refractivity contribution in [3.8, 4) is 0 Å². The first-order chi connectivity index (χ1) is 7.70. The fourth-order valence-corrected chi connectivity index (χ4v) is 2.72. The van der Waals surface area contributed by atoms with Crippen LogP contribution in [0.3, 0.4) is 0 Å². The maximum atomic E-state index is 11.7. The van der Waals surface area contributed by atoms with Crippen LogP contribution in [0.2, 0.25) is 0 Å². The van der Waals surface area contributed by atoms with E-state index >= 15 is 0 Å². The minimum atomic E-state index is -0.486. The molecule has 0 aliphatic carbocycles. The molecule has 1 aromatic rings. The van der Waals surface area contributed by atoms with Crippen molar-refractivity contribution < 1.29 is 14.3 Å². The predicted molar refractivity (Wildman–Crippen MR) is 61.8 cm³/mol. The Morgan fingerprint density at radius 1 is 1.44 bits per heavy atom. The van der Waals surface area contributed by atoms with E-state index in [2.05, 4.69) is 4.74 Å². The van der Waals surface area contributed by atoms with E-state index in [0.29, 0.717) is 5.56 Å². The van der Waals surface area contributed by atoms with E-state index in [1.807, 2.05) is 12.1 Å². The molecule has 0 aromatic heterocycles. The molecular formula is C12H12O3S. The van der Waals surface area contributed by atoms with Crippen LogP contribution in [0.5, 0.6) is 0 Å². The number of fused-ring (bicyclic) bond motifs is 1. The van der Waals surface area contributed by atoms with Crippen molar-refractivity contribution >= 4 is 23.5 Å². The van der Waals surface area contributed by atoms with E-state index in [0.717, 1.165) is 12.2 Å². The Balaban J connectivity index is 2.15. The Morgan fingerprint density at radius 3 is 3.00 bits per heavy atom. The van der Waals surface area contributed by atoms with Gasteiger partial charge in [0.15, 0.2) is 5.78 Å². The normalized spacial score (nSPS) is 13.3. The van der Waals surface area contributed by atoms with E-state index in [1.54, 1.807) is 17.8 Å². The largest absolute Gasteiger partial charge is 0.469 e. The lowest BCUT2D eigenvalue weighted by Gasteiger charge is -2.03. The van der Waals surface area contributed by atoms with E-state index in [9.17, 15) is 9.59 Å². The van der Waals surface area contributed by atoms with Crippen LogP contribution in [-0.2, 0) is 16.0 Å². The lowest BCUT2D eigenvalue weighted by Crippen LogP contribution is -2.09. The van der Waals surface area contributed by atoms with E-state index < -0.39 is 5.97 Å². The molecule has 0 saturated heterocycles. The fraction of sp³-hybridized carbons (Fsp3) is 0.333. The van der Waals surface area contributed by atoms with Gasteiger partial charge in [-0.2, -0.15) is 0 Å². The van der Waals surface area contributed by atoms with Crippen molar-refractivity contribution in [1.29, 1.82) is 0 Å². The van der Waals surface area contributed by atoms with Gasteiger partial charge in [-0.15, -0.1) is 11.8 Å². The van der Waals surface area contributed by atoms with Crippen molar-refractivity contribution in [2.75, 3.05) is 12.9 Å². The zero-order chi connectivity index (χ0) is 11.5. The van der Waals surface area contributed by atoms with Gasteiger partial charge in [-0.25, -0.2) is 0 Å². The maximum absolute atomic E-state index is 11.7. The second-order valence-corrected chi connectivity index (χ2v) is 4.73. The molecule has 0 atom stereocenters. The highest BCUT2D eigenvalue weighted by molar-refractivity contribution is 7.99. The second-order valence-electron chi connectivity index (χ2n) is 3.60. The number of ketones is 1. The van der Waals surface area contributed by atoms with Crippen LogP contribution >= 0.6 is 11.8 Å². The average molecular weight is 236 g/mol. The summed E-state index contributed by atoms with van der Waals surface area (Å²) < 4.78 is 4.47. The summed E-state index contributed by atoms with van der Waals surface area (Å²) in [5.74, 6) is 0.413. The molecule has 0 radical (unpaired) electrons. The summed E-state index contributed by atoms with van der Waals surface area (Å²) in [4.78, 5) is 23.9.